The van der Waals surface area contributed by atoms with Crippen LogP contribution in [-0.4, -0.2) is 37.1 Å². The third-order valence-electron chi connectivity index (χ3n) is 4.63. The van der Waals surface area contributed by atoms with Gasteiger partial charge in [0.05, 0.1) is 24.3 Å². The van der Waals surface area contributed by atoms with Crippen LogP contribution in [0.1, 0.15) is 29.7 Å². The molecule has 1 saturated heterocycles. The van der Waals surface area contributed by atoms with E-state index in [9.17, 15) is 8.78 Å². The van der Waals surface area contributed by atoms with Crippen LogP contribution in [0.3, 0.4) is 0 Å². The van der Waals surface area contributed by atoms with Crippen LogP contribution in [0.2, 0.25) is 0 Å². The summed E-state index contributed by atoms with van der Waals surface area (Å²) in [6.07, 6.45) is -0.275. The summed E-state index contributed by atoms with van der Waals surface area (Å²) in [6.45, 7) is 3.33. The highest BCUT2D eigenvalue weighted by Gasteiger charge is 2.28. The van der Waals surface area contributed by atoms with Crippen molar-refractivity contribution in [3.63, 3.8) is 0 Å². The number of morpholine rings is 1. The molecule has 0 aliphatic carbocycles. The Morgan fingerprint density at radius 1 is 1.24 bits per heavy atom. The lowest BCUT2D eigenvalue weighted by molar-refractivity contribution is -0.0605. The van der Waals surface area contributed by atoms with E-state index in [2.05, 4.69) is 10.3 Å². The molecule has 0 amide bonds. The zero-order valence-corrected chi connectivity index (χ0v) is 18.6. The van der Waals surface area contributed by atoms with Gasteiger partial charge < -0.3 is 15.0 Å². The Bertz CT molecular complexity index is 899. The van der Waals surface area contributed by atoms with E-state index in [1.54, 1.807) is 19.2 Å². The predicted octanol–water partition coefficient (Wildman–Crippen LogP) is 3.99. The lowest BCUT2D eigenvalue weighted by Gasteiger charge is -2.38. The summed E-state index contributed by atoms with van der Waals surface area (Å²) in [5, 5.41) is 12.2. The first kappa shape index (κ1) is 23.0. The molecule has 154 valence electrons. The van der Waals surface area contributed by atoms with Gasteiger partial charge in [-0.15, -0.1) is 24.0 Å². The van der Waals surface area contributed by atoms with E-state index in [4.69, 9.17) is 10.00 Å². The number of ether oxygens (including phenoxy) is 1. The summed E-state index contributed by atoms with van der Waals surface area (Å²) in [5.74, 6) is -0.0472. The molecule has 2 aromatic carbocycles. The van der Waals surface area contributed by atoms with Crippen molar-refractivity contribution < 1.29 is 13.5 Å². The van der Waals surface area contributed by atoms with Gasteiger partial charge >= 0.3 is 0 Å². The summed E-state index contributed by atoms with van der Waals surface area (Å²) >= 11 is 0. The van der Waals surface area contributed by atoms with Crippen molar-refractivity contribution in [1.82, 2.24) is 10.2 Å². The Hall–Kier alpha value is -2.25. The van der Waals surface area contributed by atoms with Crippen molar-refractivity contribution in [2.45, 2.75) is 25.7 Å². The normalized spacial score (nSPS) is 19.3. The van der Waals surface area contributed by atoms with Crippen LogP contribution < -0.4 is 5.32 Å². The van der Waals surface area contributed by atoms with Crippen LogP contribution in [0.15, 0.2) is 47.5 Å². The number of hydrogen-bond donors (Lipinski definition) is 1. The van der Waals surface area contributed by atoms with Gasteiger partial charge in [-0.2, -0.15) is 5.26 Å². The van der Waals surface area contributed by atoms with Gasteiger partial charge in [0.2, 0.25) is 0 Å². The van der Waals surface area contributed by atoms with E-state index in [0.717, 1.165) is 5.56 Å². The highest BCUT2D eigenvalue weighted by molar-refractivity contribution is 14.0. The van der Waals surface area contributed by atoms with E-state index >= 15 is 0 Å². The molecule has 8 heteroatoms. The third-order valence-corrected chi connectivity index (χ3v) is 4.63. The lowest BCUT2D eigenvalue weighted by Crippen LogP contribution is -2.50. The quantitative estimate of drug-likeness (QED) is 0.384. The summed E-state index contributed by atoms with van der Waals surface area (Å²) in [4.78, 5) is 6.34. The van der Waals surface area contributed by atoms with Gasteiger partial charge in [-0.05, 0) is 42.8 Å². The molecule has 3 rings (SSSR count). The van der Waals surface area contributed by atoms with Crippen LogP contribution in [0, 0.1) is 23.0 Å². The number of aliphatic imine (C=N–C) groups is 1. The molecule has 1 heterocycles. The summed E-state index contributed by atoms with van der Waals surface area (Å²) in [7, 11) is 1.66. The molecule has 29 heavy (non-hydrogen) atoms. The van der Waals surface area contributed by atoms with Crippen molar-refractivity contribution >= 4 is 29.9 Å². The van der Waals surface area contributed by atoms with Gasteiger partial charge in [0.25, 0.3) is 0 Å². The average Bonchev–Trinajstić information content (AvgIpc) is 2.70. The third kappa shape index (κ3) is 5.87. The van der Waals surface area contributed by atoms with Crippen molar-refractivity contribution in [3.8, 4) is 6.07 Å². The second-order valence-electron chi connectivity index (χ2n) is 6.71. The Kier molecular flexibility index (Phi) is 8.34. The zero-order chi connectivity index (χ0) is 20.1. The molecule has 0 spiro atoms. The number of halogens is 3. The maximum absolute atomic E-state index is 14.0. The van der Waals surface area contributed by atoms with E-state index in [0.29, 0.717) is 30.2 Å². The summed E-state index contributed by atoms with van der Waals surface area (Å²) < 4.78 is 33.2. The molecule has 0 aromatic heterocycles. The van der Waals surface area contributed by atoms with Crippen LogP contribution in [-0.2, 0) is 11.3 Å². The number of hydrogen-bond acceptors (Lipinski definition) is 3. The lowest BCUT2D eigenvalue weighted by atomic mass is 10.1. The minimum Gasteiger partial charge on any atom is -0.367 e. The maximum Gasteiger partial charge on any atom is 0.194 e. The van der Waals surface area contributed by atoms with Crippen LogP contribution >= 0.6 is 24.0 Å². The fourth-order valence-electron chi connectivity index (χ4n) is 3.27. The minimum absolute atomic E-state index is 0. The highest BCUT2D eigenvalue weighted by atomic mass is 127. The van der Waals surface area contributed by atoms with Crippen LogP contribution in [0.5, 0.6) is 0 Å². The minimum atomic E-state index is -0.374. The Morgan fingerprint density at radius 2 is 1.97 bits per heavy atom. The molecule has 1 fully saturated rings. The fraction of sp³-hybridized carbons (Fsp3) is 0.333. The molecule has 1 N–H and O–H groups in total. The molecule has 2 aromatic rings. The smallest absolute Gasteiger partial charge is 0.194 e. The number of benzene rings is 2. The monoisotopic (exact) mass is 512 g/mol. The van der Waals surface area contributed by atoms with Crippen molar-refractivity contribution in [2.75, 3.05) is 20.1 Å². The average molecular weight is 512 g/mol. The van der Waals surface area contributed by atoms with Gasteiger partial charge in [0, 0.05) is 25.7 Å². The van der Waals surface area contributed by atoms with E-state index < -0.39 is 0 Å². The zero-order valence-electron chi connectivity index (χ0n) is 16.2. The fourth-order valence-corrected chi connectivity index (χ4v) is 3.27. The first-order chi connectivity index (χ1) is 13.5. The Balaban J connectivity index is 0.00000300. The van der Waals surface area contributed by atoms with Crippen molar-refractivity contribution in [2.24, 2.45) is 4.99 Å². The molecular weight excluding hydrogens is 489 g/mol. The van der Waals surface area contributed by atoms with E-state index in [-0.39, 0.29) is 54.4 Å². The summed E-state index contributed by atoms with van der Waals surface area (Å²) in [5.41, 5.74) is 1.70. The molecule has 2 unspecified atom stereocenters. The Labute approximate surface area is 186 Å². The van der Waals surface area contributed by atoms with Crippen molar-refractivity contribution in [3.05, 3.63) is 70.8 Å². The van der Waals surface area contributed by atoms with Gasteiger partial charge in [-0.1, -0.05) is 12.1 Å². The van der Waals surface area contributed by atoms with Gasteiger partial charge in [-0.25, -0.2) is 8.78 Å². The maximum atomic E-state index is 14.0. The molecule has 2 atom stereocenters. The topological polar surface area (TPSA) is 60.7 Å². The molecule has 0 radical (unpaired) electrons. The second kappa shape index (κ2) is 10.5. The standard InChI is InChI=1S/C21H22F2N4O.HI/c1-14-12-27(13-20(28-14)16-4-6-18(22)7-5-16)21(25-2)26-11-17-9-15(10-24)3-8-19(17)23;/h3-9,14,20H,11-13H2,1-2H3,(H,25,26);1H. The molecular formula is C21H23F2IN4O. The first-order valence-electron chi connectivity index (χ1n) is 9.05. The molecule has 0 bridgehead atoms. The van der Waals surface area contributed by atoms with Crippen LogP contribution in [0.4, 0.5) is 8.78 Å². The van der Waals surface area contributed by atoms with Crippen molar-refractivity contribution in [1.29, 1.82) is 5.26 Å². The molecule has 1 aliphatic heterocycles. The first-order valence-corrected chi connectivity index (χ1v) is 9.05. The molecule has 1 aliphatic rings. The van der Waals surface area contributed by atoms with Gasteiger partial charge in [-0.3, -0.25) is 4.99 Å². The Morgan fingerprint density at radius 3 is 2.62 bits per heavy atom. The van der Waals surface area contributed by atoms with Gasteiger partial charge in [0.1, 0.15) is 17.7 Å². The predicted molar refractivity (Wildman–Crippen MR) is 118 cm³/mol. The number of nitrogens with zero attached hydrogens (tertiary/aromatic N) is 3. The number of rotatable bonds is 3. The second-order valence-corrected chi connectivity index (χ2v) is 6.71. The number of guanidine groups is 1. The SMILES string of the molecule is CN=C(NCc1cc(C#N)ccc1F)N1CC(C)OC(c2ccc(F)cc2)C1.I. The highest BCUT2D eigenvalue weighted by Crippen LogP contribution is 2.25. The van der Waals surface area contributed by atoms with Gasteiger partial charge in [0.15, 0.2) is 5.96 Å². The largest absolute Gasteiger partial charge is 0.367 e. The van der Waals surface area contributed by atoms with E-state index in [1.165, 1.54) is 30.3 Å². The molecule has 0 saturated carbocycles. The summed E-state index contributed by atoms with van der Waals surface area (Å²) in [6, 6.07) is 12.6. The number of nitriles is 1. The van der Waals surface area contributed by atoms with E-state index in [1.807, 2.05) is 17.9 Å². The number of nitrogens with one attached hydrogen (secondary N) is 1. The van der Waals surface area contributed by atoms with Crippen LogP contribution in [0.25, 0.3) is 0 Å². The molecule has 5 nitrogen and oxygen atoms in total.